The van der Waals surface area contributed by atoms with Crippen molar-refractivity contribution in [2.24, 2.45) is 0 Å². The maximum absolute atomic E-state index is 5.62. The van der Waals surface area contributed by atoms with Crippen LogP contribution >= 0.6 is 12.2 Å². The van der Waals surface area contributed by atoms with Gasteiger partial charge in [-0.2, -0.15) is 0 Å². The predicted molar refractivity (Wildman–Crippen MR) is 85.0 cm³/mol. The predicted octanol–water partition coefficient (Wildman–Crippen LogP) is 1.60. The van der Waals surface area contributed by atoms with E-state index in [1.807, 2.05) is 0 Å². The van der Waals surface area contributed by atoms with Crippen LogP contribution in [0.3, 0.4) is 0 Å². The third-order valence-corrected chi connectivity index (χ3v) is 5.03. The van der Waals surface area contributed by atoms with E-state index in [9.17, 15) is 0 Å². The number of nitrogens with zero attached hydrogens (tertiary/aromatic N) is 2. The normalized spacial score (nSPS) is 28.4. The van der Waals surface area contributed by atoms with Crippen LogP contribution in [0.2, 0.25) is 0 Å². The van der Waals surface area contributed by atoms with Gasteiger partial charge >= 0.3 is 0 Å². The monoisotopic (exact) mass is 297 g/mol. The molecule has 0 aromatic heterocycles. The molecule has 2 heterocycles. The lowest BCUT2D eigenvalue weighted by Crippen LogP contribution is -2.50. The molecule has 0 aromatic carbocycles. The van der Waals surface area contributed by atoms with Gasteiger partial charge in [-0.1, -0.05) is 0 Å². The molecule has 1 aliphatic carbocycles. The number of ether oxygens (including phenoxy) is 1. The van der Waals surface area contributed by atoms with E-state index in [0.717, 1.165) is 38.0 Å². The largest absolute Gasteiger partial charge is 0.379 e. The van der Waals surface area contributed by atoms with Crippen LogP contribution in [0.25, 0.3) is 0 Å². The average molecular weight is 297 g/mol. The Morgan fingerprint density at radius 1 is 1.10 bits per heavy atom. The van der Waals surface area contributed by atoms with Gasteiger partial charge in [-0.25, -0.2) is 0 Å². The standard InChI is InChI=1S/C15H27N3OS/c20-15(16-13-4-5-13)18-7-2-1-3-14(18)6-8-17-9-11-19-12-10-17/h13-14H,1-12H2,(H,16,20)/t14-/m0/s1. The zero-order valence-electron chi connectivity index (χ0n) is 12.4. The van der Waals surface area contributed by atoms with Crippen molar-refractivity contribution in [3.8, 4) is 0 Å². The summed E-state index contributed by atoms with van der Waals surface area (Å²) in [6, 6.07) is 1.31. The lowest BCUT2D eigenvalue weighted by Gasteiger charge is -2.39. The van der Waals surface area contributed by atoms with Gasteiger partial charge in [0.2, 0.25) is 0 Å². The molecule has 1 saturated carbocycles. The number of piperidine rings is 1. The van der Waals surface area contributed by atoms with E-state index < -0.39 is 0 Å². The van der Waals surface area contributed by atoms with Crippen LogP contribution in [-0.4, -0.2) is 66.4 Å². The molecule has 114 valence electrons. The summed E-state index contributed by atoms with van der Waals surface area (Å²) >= 11 is 5.62. The molecule has 1 N–H and O–H groups in total. The summed E-state index contributed by atoms with van der Waals surface area (Å²) in [5.74, 6) is 0. The Hall–Kier alpha value is -0.390. The van der Waals surface area contributed by atoms with Gasteiger partial charge in [0.15, 0.2) is 5.11 Å². The summed E-state index contributed by atoms with van der Waals surface area (Å²) in [6.07, 6.45) is 7.79. The lowest BCUT2D eigenvalue weighted by molar-refractivity contribution is 0.0337. The van der Waals surface area contributed by atoms with Crippen LogP contribution < -0.4 is 5.32 Å². The van der Waals surface area contributed by atoms with Gasteiger partial charge in [-0.3, -0.25) is 4.90 Å². The van der Waals surface area contributed by atoms with E-state index >= 15 is 0 Å². The Balaban J connectivity index is 1.47. The molecule has 0 amide bonds. The average Bonchev–Trinajstić information content (AvgIpc) is 3.30. The van der Waals surface area contributed by atoms with E-state index in [4.69, 9.17) is 17.0 Å². The maximum atomic E-state index is 5.62. The number of rotatable bonds is 4. The molecule has 3 aliphatic rings. The molecule has 5 heteroatoms. The van der Waals surface area contributed by atoms with Gasteiger partial charge in [-0.05, 0) is 50.7 Å². The summed E-state index contributed by atoms with van der Waals surface area (Å²) in [5.41, 5.74) is 0. The molecule has 4 nitrogen and oxygen atoms in total. The maximum Gasteiger partial charge on any atom is 0.169 e. The highest BCUT2D eigenvalue weighted by Crippen LogP contribution is 2.23. The van der Waals surface area contributed by atoms with Crippen LogP contribution in [0.5, 0.6) is 0 Å². The molecule has 20 heavy (non-hydrogen) atoms. The second-order valence-electron chi connectivity index (χ2n) is 6.31. The number of likely N-dealkylation sites (tertiary alicyclic amines) is 1. The third-order valence-electron chi connectivity index (χ3n) is 4.68. The molecule has 0 radical (unpaired) electrons. The highest BCUT2D eigenvalue weighted by atomic mass is 32.1. The van der Waals surface area contributed by atoms with Gasteiger partial charge in [-0.15, -0.1) is 0 Å². The van der Waals surface area contributed by atoms with E-state index in [-0.39, 0.29) is 0 Å². The first-order valence-electron chi connectivity index (χ1n) is 8.20. The zero-order chi connectivity index (χ0) is 13.8. The number of hydrogen-bond acceptors (Lipinski definition) is 3. The molecule has 2 saturated heterocycles. The number of nitrogens with one attached hydrogen (secondary N) is 1. The molecule has 3 fully saturated rings. The van der Waals surface area contributed by atoms with E-state index in [2.05, 4.69) is 15.1 Å². The molecular weight excluding hydrogens is 270 g/mol. The quantitative estimate of drug-likeness (QED) is 0.796. The van der Waals surface area contributed by atoms with Crippen molar-refractivity contribution in [1.29, 1.82) is 0 Å². The second-order valence-corrected chi connectivity index (χ2v) is 6.70. The molecule has 3 rings (SSSR count). The van der Waals surface area contributed by atoms with Crippen molar-refractivity contribution in [1.82, 2.24) is 15.1 Å². The Morgan fingerprint density at radius 3 is 2.65 bits per heavy atom. The topological polar surface area (TPSA) is 27.7 Å². The van der Waals surface area contributed by atoms with Crippen molar-refractivity contribution in [2.75, 3.05) is 39.4 Å². The molecule has 0 spiro atoms. The minimum absolute atomic E-state index is 0.644. The molecule has 0 unspecified atom stereocenters. The fourth-order valence-corrected chi connectivity index (χ4v) is 3.62. The minimum Gasteiger partial charge on any atom is -0.379 e. The summed E-state index contributed by atoms with van der Waals surface area (Å²) in [6.45, 7) is 6.32. The van der Waals surface area contributed by atoms with Crippen LogP contribution in [0, 0.1) is 0 Å². The Kier molecular flexibility index (Phi) is 5.13. The Labute approximate surface area is 127 Å². The minimum atomic E-state index is 0.644. The number of morpholine rings is 1. The fourth-order valence-electron chi connectivity index (χ4n) is 3.21. The Bertz CT molecular complexity index is 329. The van der Waals surface area contributed by atoms with Crippen LogP contribution in [0.4, 0.5) is 0 Å². The first-order chi connectivity index (χ1) is 9.83. The second kappa shape index (κ2) is 7.05. The van der Waals surface area contributed by atoms with Gasteiger partial charge in [0.25, 0.3) is 0 Å². The zero-order valence-corrected chi connectivity index (χ0v) is 13.2. The van der Waals surface area contributed by atoms with Crippen LogP contribution in [0.15, 0.2) is 0 Å². The number of thiocarbonyl (C=S) groups is 1. The highest BCUT2D eigenvalue weighted by Gasteiger charge is 2.29. The van der Waals surface area contributed by atoms with Gasteiger partial charge in [0.1, 0.15) is 0 Å². The molecule has 2 aliphatic heterocycles. The van der Waals surface area contributed by atoms with Crippen LogP contribution in [-0.2, 0) is 4.74 Å². The fraction of sp³-hybridized carbons (Fsp3) is 0.933. The summed E-state index contributed by atoms with van der Waals surface area (Å²) in [4.78, 5) is 5.01. The lowest BCUT2D eigenvalue weighted by atomic mass is 9.99. The number of hydrogen-bond donors (Lipinski definition) is 1. The molecule has 0 bridgehead atoms. The van der Waals surface area contributed by atoms with E-state index in [1.54, 1.807) is 0 Å². The van der Waals surface area contributed by atoms with E-state index in [0.29, 0.717) is 12.1 Å². The van der Waals surface area contributed by atoms with Crippen molar-refractivity contribution in [3.05, 3.63) is 0 Å². The summed E-state index contributed by atoms with van der Waals surface area (Å²) in [5, 5.41) is 4.53. The molecular formula is C15H27N3OS. The SMILES string of the molecule is S=C(NC1CC1)N1CCCC[C@H]1CCN1CCOCC1. The first kappa shape index (κ1) is 14.5. The third kappa shape index (κ3) is 4.06. The van der Waals surface area contributed by atoms with Crippen molar-refractivity contribution in [2.45, 2.75) is 50.6 Å². The van der Waals surface area contributed by atoms with Gasteiger partial charge < -0.3 is 15.0 Å². The van der Waals surface area contributed by atoms with Crippen molar-refractivity contribution < 1.29 is 4.74 Å². The van der Waals surface area contributed by atoms with Gasteiger partial charge in [0.05, 0.1) is 13.2 Å². The molecule has 0 aromatic rings. The first-order valence-corrected chi connectivity index (χ1v) is 8.61. The van der Waals surface area contributed by atoms with Crippen LogP contribution in [0.1, 0.15) is 38.5 Å². The Morgan fingerprint density at radius 2 is 1.90 bits per heavy atom. The van der Waals surface area contributed by atoms with Crippen molar-refractivity contribution in [3.63, 3.8) is 0 Å². The summed E-state index contributed by atoms with van der Waals surface area (Å²) < 4.78 is 5.42. The molecule has 1 atom stereocenters. The van der Waals surface area contributed by atoms with Gasteiger partial charge in [0, 0.05) is 38.3 Å². The smallest absolute Gasteiger partial charge is 0.169 e. The summed E-state index contributed by atoms with van der Waals surface area (Å²) in [7, 11) is 0. The van der Waals surface area contributed by atoms with Crippen molar-refractivity contribution >= 4 is 17.3 Å². The highest BCUT2D eigenvalue weighted by molar-refractivity contribution is 7.80. The van der Waals surface area contributed by atoms with E-state index in [1.165, 1.54) is 45.1 Å².